The predicted molar refractivity (Wildman–Crippen MR) is 74.3 cm³/mol. The number of fused-ring (bicyclic) bond motifs is 1. The monoisotopic (exact) mass is 245 g/mol. The molecule has 0 spiro atoms. The third-order valence-corrected chi connectivity index (χ3v) is 4.53. The average Bonchev–Trinajstić information content (AvgIpc) is 2.90. The van der Waals surface area contributed by atoms with Gasteiger partial charge in [0.1, 0.15) is 5.75 Å². The second kappa shape index (κ2) is 5.31. The lowest BCUT2D eigenvalue weighted by molar-refractivity contribution is 0.371. The smallest absolute Gasteiger partial charge is 0.122 e. The van der Waals surface area contributed by atoms with E-state index in [0.717, 1.165) is 11.7 Å². The van der Waals surface area contributed by atoms with Crippen LogP contribution < -0.4 is 10.1 Å². The standard InChI is InChI=1S/C16H23NO/c1-18-16-6-5-13(14-3-2-4-15(14)16)11-12-7-9-17-10-8-12/h5-6,12,17H,2-4,7-11H2,1H3. The van der Waals surface area contributed by atoms with Gasteiger partial charge in [-0.2, -0.15) is 0 Å². The fraction of sp³-hybridized carbons (Fsp3) is 0.625. The Morgan fingerprint density at radius 3 is 2.72 bits per heavy atom. The molecule has 1 heterocycles. The quantitative estimate of drug-likeness (QED) is 0.884. The summed E-state index contributed by atoms with van der Waals surface area (Å²) in [5, 5.41) is 3.45. The molecule has 0 unspecified atom stereocenters. The third kappa shape index (κ3) is 2.26. The van der Waals surface area contributed by atoms with Gasteiger partial charge in [-0.25, -0.2) is 0 Å². The van der Waals surface area contributed by atoms with Crippen LogP contribution in [0.4, 0.5) is 0 Å². The molecule has 0 saturated carbocycles. The van der Waals surface area contributed by atoms with E-state index >= 15 is 0 Å². The molecule has 18 heavy (non-hydrogen) atoms. The summed E-state index contributed by atoms with van der Waals surface area (Å²) in [7, 11) is 1.79. The van der Waals surface area contributed by atoms with Crippen molar-refractivity contribution in [3.8, 4) is 5.75 Å². The first-order valence-electron chi connectivity index (χ1n) is 7.27. The second-order valence-electron chi connectivity index (χ2n) is 5.64. The van der Waals surface area contributed by atoms with E-state index in [4.69, 9.17) is 4.74 Å². The number of hydrogen-bond donors (Lipinski definition) is 1. The molecule has 1 N–H and O–H groups in total. The van der Waals surface area contributed by atoms with Crippen LogP contribution in [0.3, 0.4) is 0 Å². The second-order valence-corrected chi connectivity index (χ2v) is 5.64. The van der Waals surface area contributed by atoms with Crippen LogP contribution in [0.2, 0.25) is 0 Å². The maximum absolute atomic E-state index is 5.49. The minimum Gasteiger partial charge on any atom is -0.496 e. The largest absolute Gasteiger partial charge is 0.496 e. The molecule has 3 rings (SSSR count). The van der Waals surface area contributed by atoms with Gasteiger partial charge in [0.2, 0.25) is 0 Å². The van der Waals surface area contributed by atoms with Gasteiger partial charge in [0, 0.05) is 0 Å². The van der Waals surface area contributed by atoms with Crippen LogP contribution in [0.5, 0.6) is 5.75 Å². The van der Waals surface area contributed by atoms with E-state index in [0.29, 0.717) is 0 Å². The maximum atomic E-state index is 5.49. The summed E-state index contributed by atoms with van der Waals surface area (Å²) in [6.07, 6.45) is 7.70. The van der Waals surface area contributed by atoms with Crippen LogP contribution in [0.15, 0.2) is 12.1 Å². The summed E-state index contributed by atoms with van der Waals surface area (Å²) in [6.45, 7) is 2.39. The first-order valence-corrected chi connectivity index (χ1v) is 7.27. The molecule has 1 aliphatic heterocycles. The van der Waals surface area contributed by atoms with Crippen molar-refractivity contribution in [2.24, 2.45) is 5.92 Å². The van der Waals surface area contributed by atoms with Crippen LogP contribution in [-0.4, -0.2) is 20.2 Å². The zero-order valence-electron chi connectivity index (χ0n) is 11.3. The molecular weight excluding hydrogens is 222 g/mol. The SMILES string of the molecule is COc1ccc(CC2CCNCC2)c2c1CCC2. The minimum atomic E-state index is 0.879. The number of piperidine rings is 1. The maximum Gasteiger partial charge on any atom is 0.122 e. The third-order valence-electron chi connectivity index (χ3n) is 4.53. The number of benzene rings is 1. The number of rotatable bonds is 3. The average molecular weight is 245 g/mol. The van der Waals surface area contributed by atoms with Crippen LogP contribution in [0.25, 0.3) is 0 Å². The van der Waals surface area contributed by atoms with Crippen molar-refractivity contribution in [2.45, 2.75) is 38.5 Å². The van der Waals surface area contributed by atoms with E-state index in [1.807, 2.05) is 0 Å². The molecule has 2 aliphatic rings. The Labute approximate surface area is 110 Å². The van der Waals surface area contributed by atoms with E-state index in [1.165, 1.54) is 57.2 Å². The summed E-state index contributed by atoms with van der Waals surface area (Å²) >= 11 is 0. The number of methoxy groups -OCH3 is 1. The molecule has 1 fully saturated rings. The van der Waals surface area contributed by atoms with E-state index < -0.39 is 0 Å². The van der Waals surface area contributed by atoms with Gasteiger partial charge in [0.15, 0.2) is 0 Å². The topological polar surface area (TPSA) is 21.3 Å². The van der Waals surface area contributed by atoms with Crippen molar-refractivity contribution in [1.29, 1.82) is 0 Å². The summed E-state index contributed by atoms with van der Waals surface area (Å²) in [6, 6.07) is 4.49. The van der Waals surface area contributed by atoms with Crippen molar-refractivity contribution < 1.29 is 4.74 Å². The Bertz CT molecular complexity index is 421. The van der Waals surface area contributed by atoms with Crippen molar-refractivity contribution in [1.82, 2.24) is 5.32 Å². The Hall–Kier alpha value is -1.02. The molecule has 1 saturated heterocycles. The lowest BCUT2D eigenvalue weighted by Crippen LogP contribution is -2.28. The fourth-order valence-electron chi connectivity index (χ4n) is 3.53. The van der Waals surface area contributed by atoms with E-state index in [2.05, 4.69) is 17.4 Å². The fourth-order valence-corrected chi connectivity index (χ4v) is 3.53. The molecule has 1 aromatic carbocycles. The lowest BCUT2D eigenvalue weighted by atomic mass is 9.88. The van der Waals surface area contributed by atoms with E-state index in [1.54, 1.807) is 18.2 Å². The van der Waals surface area contributed by atoms with Crippen molar-refractivity contribution >= 4 is 0 Å². The highest BCUT2D eigenvalue weighted by atomic mass is 16.5. The summed E-state index contributed by atoms with van der Waals surface area (Å²) in [5.41, 5.74) is 4.69. The normalized spacial score (nSPS) is 19.8. The van der Waals surface area contributed by atoms with Crippen LogP contribution in [0.1, 0.15) is 36.0 Å². The molecule has 0 aromatic heterocycles. The minimum absolute atomic E-state index is 0.879. The van der Waals surface area contributed by atoms with Crippen molar-refractivity contribution in [2.75, 3.05) is 20.2 Å². The Morgan fingerprint density at radius 2 is 1.94 bits per heavy atom. The van der Waals surface area contributed by atoms with Gasteiger partial charge in [-0.1, -0.05) is 6.07 Å². The highest BCUT2D eigenvalue weighted by molar-refractivity contribution is 5.48. The Morgan fingerprint density at radius 1 is 1.17 bits per heavy atom. The summed E-state index contributed by atoms with van der Waals surface area (Å²) < 4.78 is 5.49. The molecule has 1 aromatic rings. The molecule has 0 atom stereocenters. The molecule has 0 amide bonds. The van der Waals surface area contributed by atoms with Gasteiger partial charge >= 0.3 is 0 Å². The zero-order valence-corrected chi connectivity index (χ0v) is 11.3. The van der Waals surface area contributed by atoms with Crippen molar-refractivity contribution in [3.63, 3.8) is 0 Å². The highest BCUT2D eigenvalue weighted by Gasteiger charge is 2.21. The highest BCUT2D eigenvalue weighted by Crippen LogP contribution is 2.34. The Kier molecular flexibility index (Phi) is 3.55. The molecule has 2 heteroatoms. The molecule has 0 bridgehead atoms. The van der Waals surface area contributed by atoms with Gasteiger partial charge in [0.05, 0.1) is 7.11 Å². The predicted octanol–water partition coefficient (Wildman–Crippen LogP) is 2.73. The summed E-state index contributed by atoms with van der Waals surface area (Å²) in [4.78, 5) is 0. The van der Waals surface area contributed by atoms with E-state index in [-0.39, 0.29) is 0 Å². The van der Waals surface area contributed by atoms with Gasteiger partial charge < -0.3 is 10.1 Å². The van der Waals surface area contributed by atoms with Gasteiger partial charge in [-0.05, 0) is 80.3 Å². The van der Waals surface area contributed by atoms with Gasteiger partial charge in [-0.15, -0.1) is 0 Å². The summed E-state index contributed by atoms with van der Waals surface area (Å²) in [5.74, 6) is 1.99. The lowest BCUT2D eigenvalue weighted by Gasteiger charge is -2.24. The molecule has 1 aliphatic carbocycles. The first kappa shape index (κ1) is 12.0. The molecule has 2 nitrogen and oxygen atoms in total. The zero-order chi connectivity index (χ0) is 12.4. The number of nitrogens with one attached hydrogen (secondary N) is 1. The van der Waals surface area contributed by atoms with Crippen LogP contribution in [-0.2, 0) is 19.3 Å². The molecule has 0 radical (unpaired) electrons. The van der Waals surface area contributed by atoms with Gasteiger partial charge in [-0.3, -0.25) is 0 Å². The molecule has 98 valence electrons. The number of ether oxygens (including phenoxy) is 1. The number of hydrogen-bond acceptors (Lipinski definition) is 2. The van der Waals surface area contributed by atoms with Crippen LogP contribution in [0, 0.1) is 5.92 Å². The Balaban J connectivity index is 1.82. The first-order chi connectivity index (χ1) is 8.88. The van der Waals surface area contributed by atoms with E-state index in [9.17, 15) is 0 Å². The van der Waals surface area contributed by atoms with Gasteiger partial charge in [0.25, 0.3) is 0 Å². The van der Waals surface area contributed by atoms with Crippen molar-refractivity contribution in [3.05, 3.63) is 28.8 Å². The molecular formula is C16H23NO. The van der Waals surface area contributed by atoms with Crippen LogP contribution >= 0.6 is 0 Å².